The average molecular weight is 817 g/mol. The van der Waals surface area contributed by atoms with Gasteiger partial charge in [0.1, 0.15) is 11.3 Å². The fraction of sp³-hybridized carbons (Fsp3) is 0.0164. The Bertz CT molecular complexity index is 3550. The highest BCUT2D eigenvalue weighted by Crippen LogP contribution is 2.67. The Morgan fingerprint density at radius 1 is 0.328 bits per heavy atom. The van der Waals surface area contributed by atoms with Gasteiger partial charge in [-0.05, 0) is 105 Å². The van der Waals surface area contributed by atoms with E-state index in [1.54, 1.807) is 0 Å². The Morgan fingerprint density at radius 2 is 0.875 bits per heavy atom. The molecule has 2 aliphatic rings. The molecule has 0 radical (unpaired) electrons. The van der Waals surface area contributed by atoms with Gasteiger partial charge in [0.15, 0.2) is 0 Å². The van der Waals surface area contributed by atoms with Crippen molar-refractivity contribution in [1.29, 1.82) is 0 Å². The number of hydrogen-bond donors (Lipinski definition) is 0. The highest BCUT2D eigenvalue weighted by molar-refractivity contribution is 6.07. The van der Waals surface area contributed by atoms with Gasteiger partial charge in [-0.1, -0.05) is 176 Å². The topological polar surface area (TPSA) is 19.6 Å². The summed E-state index contributed by atoms with van der Waals surface area (Å²) >= 11 is 0. The van der Waals surface area contributed by atoms with E-state index >= 15 is 0 Å². The van der Waals surface area contributed by atoms with Crippen LogP contribution in [-0.2, 0) is 5.41 Å². The second-order valence-corrected chi connectivity index (χ2v) is 16.8. The summed E-state index contributed by atoms with van der Waals surface area (Å²) in [5, 5.41) is 3.51. The van der Waals surface area contributed by atoms with Crippen molar-refractivity contribution in [3.8, 4) is 33.6 Å². The summed E-state index contributed by atoms with van der Waals surface area (Å²) < 4.78 is 7.11. The molecule has 11 aromatic rings. The zero-order chi connectivity index (χ0) is 42.2. The molecule has 1 heterocycles. The maximum absolute atomic E-state index is 7.11. The highest BCUT2D eigenvalue weighted by atomic mass is 16.3. The van der Waals surface area contributed by atoms with E-state index in [4.69, 9.17) is 4.42 Å². The normalized spacial score (nSPS) is 14.3. The number of para-hydroxylation sites is 3. The van der Waals surface area contributed by atoms with Gasteiger partial charge in [0.05, 0.1) is 16.8 Å². The van der Waals surface area contributed by atoms with Crippen LogP contribution < -0.4 is 9.80 Å². The number of benzene rings is 10. The molecule has 3 nitrogen and oxygen atoms in total. The van der Waals surface area contributed by atoms with Crippen molar-refractivity contribution >= 4 is 55.9 Å². The SMILES string of the molecule is c1ccc(-c2ccc(N(c3ccccc3)c3ccc4c(c3)C3(c5ccccc5-4)c4c(cccc4N(c4ccccc4)c4cccc5ccccc45)-c4oc5ccccc5c43)cc2)cc1. The summed E-state index contributed by atoms with van der Waals surface area (Å²) in [7, 11) is 0. The van der Waals surface area contributed by atoms with Gasteiger partial charge in [-0.3, -0.25) is 0 Å². The molecule has 1 atom stereocenters. The van der Waals surface area contributed by atoms with Crippen molar-refractivity contribution in [2.75, 3.05) is 9.80 Å². The Labute approximate surface area is 372 Å². The molecule has 13 rings (SSSR count). The molecule has 300 valence electrons. The second kappa shape index (κ2) is 14.3. The molecule has 1 unspecified atom stereocenters. The number of rotatable bonds is 7. The lowest BCUT2D eigenvalue weighted by Gasteiger charge is -2.36. The van der Waals surface area contributed by atoms with E-state index < -0.39 is 5.41 Å². The van der Waals surface area contributed by atoms with Gasteiger partial charge < -0.3 is 14.2 Å². The van der Waals surface area contributed by atoms with Crippen molar-refractivity contribution in [2.45, 2.75) is 5.41 Å². The van der Waals surface area contributed by atoms with Crippen LogP contribution in [0.2, 0.25) is 0 Å². The molecule has 0 aliphatic heterocycles. The predicted octanol–water partition coefficient (Wildman–Crippen LogP) is 16.5. The first-order valence-corrected chi connectivity index (χ1v) is 22.0. The Kier molecular flexibility index (Phi) is 8.13. The number of fused-ring (bicyclic) bond motifs is 13. The van der Waals surface area contributed by atoms with E-state index in [2.05, 4.69) is 252 Å². The molecule has 0 saturated heterocycles. The van der Waals surface area contributed by atoms with Crippen LogP contribution in [0, 0.1) is 0 Å². The summed E-state index contributed by atoms with van der Waals surface area (Å²) in [6.07, 6.45) is 0. The maximum Gasteiger partial charge on any atom is 0.140 e. The Morgan fingerprint density at radius 3 is 1.67 bits per heavy atom. The van der Waals surface area contributed by atoms with Gasteiger partial charge in [0, 0.05) is 50.2 Å². The van der Waals surface area contributed by atoms with E-state index in [1.807, 2.05) is 0 Å². The van der Waals surface area contributed by atoms with E-state index in [9.17, 15) is 0 Å². The molecule has 0 saturated carbocycles. The predicted molar refractivity (Wildman–Crippen MR) is 265 cm³/mol. The smallest absolute Gasteiger partial charge is 0.140 e. The third-order valence-electron chi connectivity index (χ3n) is 13.4. The van der Waals surface area contributed by atoms with E-state index in [0.717, 1.165) is 56.4 Å². The standard InChI is InChI=1S/C61H40N2O/c1-4-18-41(19-5-1)42-34-36-46(37-35-42)62(44-22-6-2-7-23-44)47-38-39-50-49-27-12-14-30-53(49)61(54(50)40-47)58-52(60-59(61)51-28-13-15-33-57(51)64-60)29-17-32-56(58)63(45-24-8-3-9-25-45)55-31-16-21-43-20-10-11-26-48(43)55/h1-40H. The van der Waals surface area contributed by atoms with Gasteiger partial charge in [-0.15, -0.1) is 0 Å². The molecule has 0 bridgehead atoms. The molecule has 0 fully saturated rings. The monoisotopic (exact) mass is 816 g/mol. The lowest BCUT2D eigenvalue weighted by atomic mass is 9.69. The molecule has 2 aliphatic carbocycles. The van der Waals surface area contributed by atoms with Crippen molar-refractivity contribution in [3.05, 3.63) is 265 Å². The van der Waals surface area contributed by atoms with E-state index in [0.29, 0.717) is 0 Å². The summed E-state index contributed by atoms with van der Waals surface area (Å²) in [6.45, 7) is 0. The quantitative estimate of drug-likeness (QED) is 0.160. The van der Waals surface area contributed by atoms with Gasteiger partial charge in [-0.2, -0.15) is 0 Å². The molecule has 1 aromatic heterocycles. The maximum atomic E-state index is 7.11. The first kappa shape index (κ1) is 36.3. The minimum Gasteiger partial charge on any atom is -0.456 e. The Balaban J connectivity index is 1.12. The molecular weight excluding hydrogens is 777 g/mol. The minimum absolute atomic E-state index is 0.743. The molecule has 0 N–H and O–H groups in total. The molecule has 3 heteroatoms. The lowest BCUT2D eigenvalue weighted by Crippen LogP contribution is -2.28. The number of hydrogen-bond acceptors (Lipinski definition) is 3. The van der Waals surface area contributed by atoms with Crippen LogP contribution in [0.3, 0.4) is 0 Å². The van der Waals surface area contributed by atoms with E-state index in [-0.39, 0.29) is 0 Å². The fourth-order valence-electron chi connectivity index (χ4n) is 10.8. The van der Waals surface area contributed by atoms with Crippen LogP contribution in [0.15, 0.2) is 247 Å². The lowest BCUT2D eigenvalue weighted by molar-refractivity contribution is 0.628. The largest absolute Gasteiger partial charge is 0.456 e. The first-order chi connectivity index (χ1) is 31.8. The summed E-state index contributed by atoms with van der Waals surface area (Å²) in [5.74, 6) is 0.924. The summed E-state index contributed by atoms with van der Waals surface area (Å²) in [4.78, 5) is 4.88. The molecule has 10 aromatic carbocycles. The third-order valence-corrected chi connectivity index (χ3v) is 13.4. The van der Waals surface area contributed by atoms with Crippen LogP contribution in [0.25, 0.3) is 55.3 Å². The highest BCUT2D eigenvalue weighted by Gasteiger charge is 2.56. The average Bonchev–Trinajstić information content (AvgIpc) is 3.99. The second-order valence-electron chi connectivity index (χ2n) is 16.8. The first-order valence-electron chi connectivity index (χ1n) is 22.0. The summed E-state index contributed by atoms with van der Waals surface area (Å²) in [6, 6.07) is 88.1. The van der Waals surface area contributed by atoms with Gasteiger partial charge in [-0.25, -0.2) is 0 Å². The number of nitrogens with zero attached hydrogens (tertiary/aromatic N) is 2. The van der Waals surface area contributed by atoms with Gasteiger partial charge in [0.2, 0.25) is 0 Å². The van der Waals surface area contributed by atoms with Crippen molar-refractivity contribution in [1.82, 2.24) is 0 Å². The third kappa shape index (κ3) is 5.28. The fourth-order valence-corrected chi connectivity index (χ4v) is 10.8. The Hall–Kier alpha value is -8.40. The number of furan rings is 1. The van der Waals surface area contributed by atoms with Crippen LogP contribution in [0.1, 0.15) is 22.3 Å². The van der Waals surface area contributed by atoms with Crippen molar-refractivity contribution < 1.29 is 4.42 Å². The van der Waals surface area contributed by atoms with Crippen molar-refractivity contribution in [3.63, 3.8) is 0 Å². The zero-order valence-electron chi connectivity index (χ0n) is 34.9. The number of anilines is 6. The molecular formula is C61H40N2O. The molecule has 1 spiro atoms. The van der Waals surface area contributed by atoms with Gasteiger partial charge >= 0.3 is 0 Å². The summed E-state index contributed by atoms with van der Waals surface area (Å²) in [5.41, 5.74) is 17.6. The zero-order valence-corrected chi connectivity index (χ0v) is 34.9. The minimum atomic E-state index is -0.743. The van der Waals surface area contributed by atoms with Crippen molar-refractivity contribution in [2.24, 2.45) is 0 Å². The van der Waals surface area contributed by atoms with Crippen LogP contribution >= 0.6 is 0 Å². The van der Waals surface area contributed by atoms with Crippen LogP contribution in [0.4, 0.5) is 34.1 Å². The molecule has 64 heavy (non-hydrogen) atoms. The van der Waals surface area contributed by atoms with Crippen LogP contribution in [-0.4, -0.2) is 0 Å². The molecule has 0 amide bonds. The van der Waals surface area contributed by atoms with Gasteiger partial charge in [0.25, 0.3) is 0 Å². The van der Waals surface area contributed by atoms with E-state index in [1.165, 1.54) is 55.3 Å². The van der Waals surface area contributed by atoms with Crippen LogP contribution in [0.5, 0.6) is 0 Å².